The van der Waals surface area contributed by atoms with Gasteiger partial charge in [0.15, 0.2) is 0 Å². The van der Waals surface area contributed by atoms with Gasteiger partial charge in [-0.25, -0.2) is 4.99 Å². The lowest BCUT2D eigenvalue weighted by Gasteiger charge is -2.31. The molecule has 0 saturated heterocycles. The summed E-state index contributed by atoms with van der Waals surface area (Å²) in [6, 6.07) is 15.8. The highest BCUT2D eigenvalue weighted by Crippen LogP contribution is 2.40. The quantitative estimate of drug-likeness (QED) is 0.420. The molecule has 0 fully saturated rings. The van der Waals surface area contributed by atoms with E-state index in [2.05, 4.69) is 12.6 Å². The predicted molar refractivity (Wildman–Crippen MR) is 145 cm³/mol. The van der Waals surface area contributed by atoms with Crippen LogP contribution in [0, 0.1) is 6.92 Å². The molecule has 0 aromatic heterocycles. The van der Waals surface area contributed by atoms with Crippen molar-refractivity contribution in [1.29, 1.82) is 0 Å². The van der Waals surface area contributed by atoms with Crippen molar-refractivity contribution in [3.05, 3.63) is 94.0 Å². The number of likely N-dealkylation sites (N-methyl/N-ethyl adjacent to an activating group) is 1. The number of alkyl halides is 3. The lowest BCUT2D eigenvalue weighted by atomic mass is 9.99. The second-order valence-corrected chi connectivity index (χ2v) is 9.59. The normalized spacial score (nSPS) is 16.4. The number of amides is 2. The van der Waals surface area contributed by atoms with Gasteiger partial charge in [0.05, 0.1) is 28.7 Å². The Labute approximate surface area is 228 Å². The van der Waals surface area contributed by atoms with Crippen LogP contribution in [0.15, 0.2) is 71.7 Å². The van der Waals surface area contributed by atoms with E-state index in [1.807, 2.05) is 6.07 Å². The number of benzene rings is 3. The highest BCUT2D eigenvalue weighted by Gasteiger charge is 2.39. The van der Waals surface area contributed by atoms with Crippen LogP contribution in [0.4, 0.5) is 24.5 Å². The molecule has 4 rings (SSSR count). The molecule has 3 aromatic rings. The molecule has 1 aliphatic heterocycles. The number of nitrogens with two attached hydrogens (primary N) is 1. The van der Waals surface area contributed by atoms with Crippen LogP contribution in [-0.2, 0) is 15.8 Å². The molecular formula is C27H24ClF3N4O2S. The Kier molecular flexibility index (Phi) is 7.87. The Morgan fingerprint density at radius 1 is 1.13 bits per heavy atom. The van der Waals surface area contributed by atoms with Crippen LogP contribution in [0.1, 0.15) is 22.3 Å². The van der Waals surface area contributed by atoms with E-state index in [4.69, 9.17) is 22.3 Å². The zero-order valence-electron chi connectivity index (χ0n) is 20.4. The van der Waals surface area contributed by atoms with E-state index < -0.39 is 35.8 Å². The summed E-state index contributed by atoms with van der Waals surface area (Å²) >= 11 is 10.4. The Hall–Kier alpha value is -3.34. The van der Waals surface area contributed by atoms with E-state index >= 15 is 0 Å². The number of hydrogen-bond donors (Lipinski definition) is 2. The molecule has 38 heavy (non-hydrogen) atoms. The van der Waals surface area contributed by atoms with Crippen LogP contribution in [0.3, 0.4) is 0 Å². The van der Waals surface area contributed by atoms with Gasteiger partial charge in [0, 0.05) is 29.0 Å². The number of nitrogens with zero attached hydrogens (tertiary/aromatic N) is 3. The van der Waals surface area contributed by atoms with Crippen LogP contribution < -0.4 is 10.6 Å². The van der Waals surface area contributed by atoms with Crippen molar-refractivity contribution in [1.82, 2.24) is 4.90 Å². The molecule has 0 bridgehead atoms. The Morgan fingerprint density at radius 3 is 2.45 bits per heavy atom. The van der Waals surface area contributed by atoms with Gasteiger partial charge in [-0.15, -0.1) is 0 Å². The number of benzodiazepines with no additional fused rings is 1. The molecule has 0 spiro atoms. The third kappa shape index (κ3) is 5.29. The van der Waals surface area contributed by atoms with Crippen molar-refractivity contribution in [2.24, 2.45) is 10.7 Å². The van der Waals surface area contributed by atoms with E-state index in [1.165, 1.54) is 19.2 Å². The third-order valence-corrected chi connectivity index (χ3v) is 6.83. The molecule has 0 aliphatic carbocycles. The molecule has 2 N–H and O–H groups in total. The van der Waals surface area contributed by atoms with Crippen molar-refractivity contribution in [2.45, 2.75) is 25.3 Å². The van der Waals surface area contributed by atoms with Crippen LogP contribution in [-0.4, -0.2) is 47.4 Å². The van der Waals surface area contributed by atoms with E-state index in [0.717, 1.165) is 21.9 Å². The summed E-state index contributed by atoms with van der Waals surface area (Å²) in [7, 11) is 1.38. The van der Waals surface area contributed by atoms with E-state index in [9.17, 15) is 22.8 Å². The lowest BCUT2D eigenvalue weighted by Crippen LogP contribution is -2.52. The lowest BCUT2D eigenvalue weighted by molar-refractivity contribution is -0.138. The summed E-state index contributed by atoms with van der Waals surface area (Å²) < 4.78 is 41.1. The van der Waals surface area contributed by atoms with Crippen molar-refractivity contribution in [2.75, 3.05) is 17.7 Å². The molecule has 11 heteroatoms. The fourth-order valence-corrected chi connectivity index (χ4v) is 4.52. The number of fused-ring (bicyclic) bond motifs is 1. The van der Waals surface area contributed by atoms with Crippen molar-refractivity contribution in [3.63, 3.8) is 0 Å². The summed E-state index contributed by atoms with van der Waals surface area (Å²) in [4.78, 5) is 34.2. The standard InChI is InChI=1S/C27H24ClF3N4O2S/c1-15-8-9-17(27(29,30)31)12-22(15)35-21-11-10-18(28)13-19(21)23(16-6-4-3-5-7-16)33-24(26(35)37)34(2)25(36)20(32)14-38/h3-13,20,24,38H,14,32H2,1-2H3. The largest absolute Gasteiger partial charge is 0.416 e. The summed E-state index contributed by atoms with van der Waals surface area (Å²) in [5.41, 5.74) is 7.05. The summed E-state index contributed by atoms with van der Waals surface area (Å²) in [5, 5.41) is 0.334. The van der Waals surface area contributed by atoms with Gasteiger partial charge in [-0.1, -0.05) is 48.0 Å². The minimum absolute atomic E-state index is 0.00209. The maximum atomic E-state index is 14.2. The van der Waals surface area contributed by atoms with E-state index in [-0.39, 0.29) is 17.1 Å². The number of aliphatic imine (C=N–C) groups is 1. The highest BCUT2D eigenvalue weighted by atomic mass is 35.5. The first-order chi connectivity index (χ1) is 17.9. The second kappa shape index (κ2) is 10.8. The van der Waals surface area contributed by atoms with Crippen LogP contribution in [0.5, 0.6) is 0 Å². The van der Waals surface area contributed by atoms with Crippen LogP contribution in [0.25, 0.3) is 0 Å². The molecule has 2 amide bonds. The number of rotatable bonds is 5. The fraction of sp³-hybridized carbons (Fsp3) is 0.222. The molecule has 2 atom stereocenters. The molecule has 0 saturated carbocycles. The molecule has 1 heterocycles. The fourth-order valence-electron chi connectivity index (χ4n) is 4.19. The molecule has 3 aromatic carbocycles. The van der Waals surface area contributed by atoms with Crippen LogP contribution in [0.2, 0.25) is 5.02 Å². The van der Waals surface area contributed by atoms with Gasteiger partial charge in [-0.3, -0.25) is 14.5 Å². The summed E-state index contributed by atoms with van der Waals surface area (Å²) in [5.74, 6) is -1.31. The average molecular weight is 561 g/mol. The van der Waals surface area contributed by atoms with Gasteiger partial charge in [-0.2, -0.15) is 25.8 Å². The van der Waals surface area contributed by atoms with Gasteiger partial charge in [0.2, 0.25) is 12.1 Å². The number of aryl methyl sites for hydroxylation is 1. The average Bonchev–Trinajstić information content (AvgIpc) is 3.01. The Morgan fingerprint density at radius 2 is 1.82 bits per heavy atom. The Balaban J connectivity index is 2.03. The van der Waals surface area contributed by atoms with E-state index in [1.54, 1.807) is 43.3 Å². The third-order valence-electron chi connectivity index (χ3n) is 6.20. The summed E-state index contributed by atoms with van der Waals surface area (Å²) in [6.45, 7) is 1.60. The number of carbonyl (C=O) groups excluding carboxylic acids is 2. The minimum Gasteiger partial charge on any atom is -0.319 e. The Bertz CT molecular complexity index is 1420. The van der Waals surface area contributed by atoms with Crippen LogP contribution >= 0.6 is 24.2 Å². The summed E-state index contributed by atoms with van der Waals surface area (Å²) in [6.07, 6.45) is -6.08. The van der Waals surface area contributed by atoms with Gasteiger partial charge in [0.25, 0.3) is 5.91 Å². The molecule has 6 nitrogen and oxygen atoms in total. The topological polar surface area (TPSA) is 79.0 Å². The number of thiol groups is 1. The molecule has 198 valence electrons. The SMILES string of the molecule is Cc1ccc(C(F)(F)F)cc1N1C(=O)C(N(C)C(=O)C(N)CS)N=C(c2ccccc2)c2cc(Cl)ccc21. The first-order valence-electron chi connectivity index (χ1n) is 11.5. The second-order valence-electron chi connectivity index (χ2n) is 8.79. The maximum absolute atomic E-state index is 14.2. The van der Waals surface area contributed by atoms with Crippen molar-refractivity contribution < 1.29 is 22.8 Å². The molecule has 0 radical (unpaired) electrons. The van der Waals surface area contributed by atoms with Gasteiger partial charge < -0.3 is 10.6 Å². The number of carbonyl (C=O) groups is 2. The first kappa shape index (κ1) is 27.7. The zero-order chi connectivity index (χ0) is 27.8. The number of hydrogen-bond acceptors (Lipinski definition) is 5. The van der Waals surface area contributed by atoms with Crippen molar-refractivity contribution >= 4 is 53.1 Å². The molecular weight excluding hydrogens is 537 g/mol. The predicted octanol–water partition coefficient (Wildman–Crippen LogP) is 5.22. The smallest absolute Gasteiger partial charge is 0.319 e. The molecule has 1 aliphatic rings. The zero-order valence-corrected chi connectivity index (χ0v) is 22.1. The van der Waals surface area contributed by atoms with Gasteiger partial charge in [0.1, 0.15) is 0 Å². The number of halogens is 4. The molecule has 2 unspecified atom stereocenters. The van der Waals surface area contributed by atoms with Gasteiger partial charge >= 0.3 is 6.18 Å². The highest BCUT2D eigenvalue weighted by molar-refractivity contribution is 7.80. The maximum Gasteiger partial charge on any atom is 0.416 e. The van der Waals surface area contributed by atoms with E-state index in [0.29, 0.717) is 27.4 Å². The minimum atomic E-state index is -4.64. The monoisotopic (exact) mass is 560 g/mol. The first-order valence-corrected chi connectivity index (χ1v) is 12.5. The number of anilines is 2. The van der Waals surface area contributed by atoms with Gasteiger partial charge in [-0.05, 0) is 42.8 Å². The van der Waals surface area contributed by atoms with Crippen molar-refractivity contribution in [3.8, 4) is 0 Å².